The Balaban J connectivity index is 3.67. The van der Waals surface area contributed by atoms with Gasteiger partial charge in [0, 0.05) is 11.8 Å². The molecule has 1 rings (SSSR count). The molecule has 0 aliphatic rings. The Bertz CT molecular complexity index is 532. The van der Waals surface area contributed by atoms with E-state index >= 15 is 0 Å². The predicted octanol–water partition coefficient (Wildman–Crippen LogP) is 2.34. The van der Waals surface area contributed by atoms with Gasteiger partial charge in [-0.2, -0.15) is 0 Å². The number of hydrogen-bond acceptors (Lipinski definition) is 3. The fourth-order valence-corrected chi connectivity index (χ4v) is 3.31. The van der Waals surface area contributed by atoms with Crippen molar-refractivity contribution < 1.29 is 13.2 Å². The van der Waals surface area contributed by atoms with Crippen LogP contribution in [0.5, 0.6) is 0 Å². The molecular weight excluding hydrogens is 248 g/mol. The summed E-state index contributed by atoms with van der Waals surface area (Å²) in [6, 6.07) is 3.21. The van der Waals surface area contributed by atoms with Crippen LogP contribution in [0.25, 0.3) is 0 Å². The van der Waals surface area contributed by atoms with Crippen LogP contribution in [0, 0.1) is 6.92 Å². The second-order valence-corrected chi connectivity index (χ2v) is 5.92. The van der Waals surface area contributed by atoms with Gasteiger partial charge in [0.15, 0.2) is 9.84 Å². The second kappa shape index (κ2) is 4.55. The molecule has 0 amide bonds. The average molecular weight is 261 g/mol. The molecule has 0 unspecified atom stereocenters. The Hall–Kier alpha value is -0.870. The van der Waals surface area contributed by atoms with E-state index in [0.29, 0.717) is 17.5 Å². The summed E-state index contributed by atoms with van der Waals surface area (Å²) in [5.41, 5.74) is 1.39. The van der Waals surface area contributed by atoms with Crippen molar-refractivity contribution in [3.63, 3.8) is 0 Å². The fraction of sp³-hybridized carbons (Fsp3) is 0.364. The molecule has 88 valence electrons. The number of carbonyl (C=O) groups excluding carboxylic acids is 1. The van der Waals surface area contributed by atoms with E-state index in [-0.39, 0.29) is 10.5 Å². The van der Waals surface area contributed by atoms with Crippen molar-refractivity contribution in [3.05, 3.63) is 28.8 Å². The zero-order valence-corrected chi connectivity index (χ0v) is 10.9. The molecule has 0 spiro atoms. The lowest BCUT2D eigenvalue weighted by Crippen LogP contribution is -2.08. The van der Waals surface area contributed by atoms with Crippen molar-refractivity contribution in [3.8, 4) is 0 Å². The number of carbonyl (C=O) groups is 1. The third kappa shape index (κ3) is 2.44. The summed E-state index contributed by atoms with van der Waals surface area (Å²) in [5.74, 6) is 0. The summed E-state index contributed by atoms with van der Waals surface area (Å²) in [6.45, 7) is 3.47. The first-order valence-corrected chi connectivity index (χ1v) is 7.08. The molecule has 0 N–H and O–H groups in total. The number of sulfone groups is 1. The van der Waals surface area contributed by atoms with E-state index < -0.39 is 15.1 Å². The maximum atomic E-state index is 11.7. The van der Waals surface area contributed by atoms with Gasteiger partial charge in [0.25, 0.3) is 5.24 Å². The van der Waals surface area contributed by atoms with Gasteiger partial charge in [-0.1, -0.05) is 13.0 Å². The summed E-state index contributed by atoms with van der Waals surface area (Å²) in [6.07, 6.45) is 1.73. The quantitative estimate of drug-likeness (QED) is 0.784. The molecule has 0 aromatic heterocycles. The highest BCUT2D eigenvalue weighted by Crippen LogP contribution is 2.25. The van der Waals surface area contributed by atoms with Crippen LogP contribution in [0.2, 0.25) is 0 Å². The summed E-state index contributed by atoms with van der Waals surface area (Å²) >= 11 is 5.39. The molecule has 0 saturated carbocycles. The minimum absolute atomic E-state index is 0.224. The Labute approximate surface area is 100 Å². The molecule has 1 aromatic carbocycles. The summed E-state index contributed by atoms with van der Waals surface area (Å²) in [7, 11) is -3.34. The van der Waals surface area contributed by atoms with Crippen LogP contribution < -0.4 is 0 Å². The van der Waals surface area contributed by atoms with Crippen LogP contribution in [0.15, 0.2) is 17.0 Å². The van der Waals surface area contributed by atoms with Crippen molar-refractivity contribution in [1.29, 1.82) is 0 Å². The molecule has 0 radical (unpaired) electrons. The van der Waals surface area contributed by atoms with E-state index in [9.17, 15) is 13.2 Å². The lowest BCUT2D eigenvalue weighted by atomic mass is 10.0. The number of aryl methyl sites for hydroxylation is 1. The van der Waals surface area contributed by atoms with E-state index in [2.05, 4.69) is 0 Å². The van der Waals surface area contributed by atoms with Gasteiger partial charge in [0.1, 0.15) is 0 Å². The molecule has 0 fully saturated rings. The highest BCUT2D eigenvalue weighted by atomic mass is 35.5. The largest absolute Gasteiger partial charge is 0.276 e. The van der Waals surface area contributed by atoms with Gasteiger partial charge in [-0.05, 0) is 42.1 Å². The van der Waals surface area contributed by atoms with Gasteiger partial charge in [0.2, 0.25) is 0 Å². The van der Waals surface area contributed by atoms with Crippen molar-refractivity contribution in [2.45, 2.75) is 25.2 Å². The Morgan fingerprint density at radius 3 is 2.31 bits per heavy atom. The Kier molecular flexibility index (Phi) is 3.76. The number of benzene rings is 1. The van der Waals surface area contributed by atoms with Gasteiger partial charge in [-0.3, -0.25) is 4.79 Å². The minimum Gasteiger partial charge on any atom is -0.276 e. The van der Waals surface area contributed by atoms with Crippen LogP contribution in [0.3, 0.4) is 0 Å². The molecule has 1 aromatic rings. The maximum Gasteiger partial charge on any atom is 0.252 e. The summed E-state index contributed by atoms with van der Waals surface area (Å²) < 4.78 is 23.3. The molecule has 3 nitrogen and oxygen atoms in total. The van der Waals surface area contributed by atoms with Crippen LogP contribution in [0.4, 0.5) is 0 Å². The Morgan fingerprint density at radius 2 is 1.94 bits per heavy atom. The SMILES string of the molecule is CCc1ccc(C(=O)Cl)c(C)c1S(C)(=O)=O. The van der Waals surface area contributed by atoms with Crippen LogP contribution in [-0.4, -0.2) is 19.9 Å². The van der Waals surface area contributed by atoms with Crippen molar-refractivity contribution >= 4 is 26.7 Å². The van der Waals surface area contributed by atoms with Crippen molar-refractivity contribution in [2.24, 2.45) is 0 Å². The number of hydrogen-bond donors (Lipinski definition) is 0. The zero-order valence-electron chi connectivity index (χ0n) is 9.37. The topological polar surface area (TPSA) is 51.2 Å². The highest BCUT2D eigenvalue weighted by Gasteiger charge is 2.19. The molecular formula is C11H13ClO3S. The molecule has 0 saturated heterocycles. The number of halogens is 1. The van der Waals surface area contributed by atoms with Gasteiger partial charge >= 0.3 is 0 Å². The lowest BCUT2D eigenvalue weighted by molar-refractivity contribution is 0.108. The van der Waals surface area contributed by atoms with Gasteiger partial charge in [-0.15, -0.1) is 0 Å². The predicted molar refractivity (Wildman–Crippen MR) is 63.9 cm³/mol. The van der Waals surface area contributed by atoms with E-state index in [0.717, 1.165) is 6.26 Å². The lowest BCUT2D eigenvalue weighted by Gasteiger charge is -2.11. The van der Waals surface area contributed by atoms with E-state index in [1.54, 1.807) is 19.1 Å². The minimum atomic E-state index is -3.34. The molecule has 0 aliphatic heterocycles. The van der Waals surface area contributed by atoms with Crippen molar-refractivity contribution in [1.82, 2.24) is 0 Å². The smallest absolute Gasteiger partial charge is 0.252 e. The molecule has 0 bridgehead atoms. The molecule has 0 heterocycles. The first kappa shape index (κ1) is 13.2. The van der Waals surface area contributed by atoms with E-state index in [4.69, 9.17) is 11.6 Å². The third-order valence-corrected chi connectivity index (χ3v) is 3.96. The van der Waals surface area contributed by atoms with Crippen LogP contribution >= 0.6 is 11.6 Å². The third-order valence-electron chi connectivity index (χ3n) is 2.45. The van der Waals surface area contributed by atoms with Gasteiger partial charge in [0.05, 0.1) is 4.90 Å². The molecule has 0 aliphatic carbocycles. The average Bonchev–Trinajstić information content (AvgIpc) is 2.14. The second-order valence-electron chi connectivity index (χ2n) is 3.63. The molecule has 5 heteroatoms. The Morgan fingerprint density at radius 1 is 1.38 bits per heavy atom. The van der Waals surface area contributed by atoms with E-state index in [1.165, 1.54) is 0 Å². The zero-order chi connectivity index (χ0) is 12.5. The monoisotopic (exact) mass is 260 g/mol. The molecule has 0 atom stereocenters. The fourth-order valence-electron chi connectivity index (χ4n) is 1.76. The standard InChI is InChI=1S/C11H13ClO3S/c1-4-8-5-6-9(11(12)13)7(2)10(8)16(3,14)15/h5-6H,4H2,1-3H3. The van der Waals surface area contributed by atoms with Crippen LogP contribution in [0.1, 0.15) is 28.4 Å². The van der Waals surface area contributed by atoms with Crippen molar-refractivity contribution in [2.75, 3.05) is 6.26 Å². The summed E-state index contributed by atoms with van der Waals surface area (Å²) in [4.78, 5) is 11.3. The van der Waals surface area contributed by atoms with Gasteiger partial charge < -0.3 is 0 Å². The highest BCUT2D eigenvalue weighted by molar-refractivity contribution is 7.90. The normalized spacial score (nSPS) is 11.5. The van der Waals surface area contributed by atoms with Gasteiger partial charge in [-0.25, -0.2) is 8.42 Å². The maximum absolute atomic E-state index is 11.7. The van der Waals surface area contributed by atoms with E-state index in [1.807, 2.05) is 6.92 Å². The molecule has 16 heavy (non-hydrogen) atoms. The van der Waals surface area contributed by atoms with Crippen LogP contribution in [-0.2, 0) is 16.3 Å². The first-order chi connectivity index (χ1) is 7.29. The summed E-state index contributed by atoms with van der Waals surface area (Å²) in [5, 5.41) is -0.634. The first-order valence-electron chi connectivity index (χ1n) is 4.81. The number of rotatable bonds is 3.